The van der Waals surface area contributed by atoms with Crippen LogP contribution in [0, 0.1) is 0 Å². The van der Waals surface area contributed by atoms with Gasteiger partial charge in [0.25, 0.3) is 0 Å². The maximum atomic E-state index is 11.2. The van der Waals surface area contributed by atoms with Crippen LogP contribution in [0.1, 0.15) is 23.6 Å². The third kappa shape index (κ3) is 5.39. The van der Waals surface area contributed by atoms with Gasteiger partial charge in [-0.25, -0.2) is 0 Å². The maximum Gasteiger partial charge on any atom is 0.307 e. The summed E-state index contributed by atoms with van der Waals surface area (Å²) in [7, 11) is 1.36. The van der Waals surface area contributed by atoms with Crippen molar-refractivity contribution in [3.8, 4) is 5.75 Å². The number of rotatable bonds is 6. The van der Waals surface area contributed by atoms with Gasteiger partial charge in [-0.3, -0.25) is 4.79 Å². The van der Waals surface area contributed by atoms with Crippen molar-refractivity contribution in [2.24, 2.45) is 5.73 Å². The third-order valence-electron chi connectivity index (χ3n) is 3.17. The highest BCUT2D eigenvalue weighted by molar-refractivity contribution is 5.85. The van der Waals surface area contributed by atoms with Crippen molar-refractivity contribution in [3.63, 3.8) is 0 Å². The van der Waals surface area contributed by atoms with Gasteiger partial charge in [0, 0.05) is 6.04 Å². The highest BCUT2D eigenvalue weighted by atomic mass is 35.5. The molecule has 2 rings (SSSR count). The molecule has 0 aliphatic rings. The fraction of sp³-hybridized carbons (Fsp3) is 0.235. The molecule has 0 amide bonds. The first kappa shape index (κ1) is 18.0. The van der Waals surface area contributed by atoms with E-state index in [0.29, 0.717) is 6.61 Å². The molecule has 118 valence electrons. The number of hydrogen-bond acceptors (Lipinski definition) is 4. The van der Waals surface area contributed by atoms with E-state index in [2.05, 4.69) is 4.74 Å². The second kappa shape index (κ2) is 9.07. The lowest BCUT2D eigenvalue weighted by atomic mass is 10.0. The Hall–Kier alpha value is -2.04. The SMILES string of the molecule is COC(=O)C[C@@H](N)c1ccc(OCc2ccccc2)cc1.Cl. The van der Waals surface area contributed by atoms with Crippen LogP contribution in [0.5, 0.6) is 5.75 Å². The maximum absolute atomic E-state index is 11.2. The number of hydrogen-bond donors (Lipinski definition) is 1. The molecular weight excluding hydrogens is 302 g/mol. The van der Waals surface area contributed by atoms with Crippen LogP contribution in [0.15, 0.2) is 54.6 Å². The number of nitrogens with two attached hydrogens (primary N) is 1. The molecule has 0 unspecified atom stereocenters. The molecule has 5 heteroatoms. The number of esters is 1. The van der Waals surface area contributed by atoms with Crippen LogP contribution in [-0.4, -0.2) is 13.1 Å². The van der Waals surface area contributed by atoms with Crippen LogP contribution in [0.25, 0.3) is 0 Å². The van der Waals surface area contributed by atoms with Crippen molar-refractivity contribution in [1.29, 1.82) is 0 Å². The summed E-state index contributed by atoms with van der Waals surface area (Å²) in [6.07, 6.45) is 0.167. The molecule has 0 heterocycles. The molecule has 0 fully saturated rings. The molecule has 0 aliphatic carbocycles. The summed E-state index contributed by atoms with van der Waals surface area (Å²) in [4.78, 5) is 11.2. The average molecular weight is 322 g/mol. The minimum atomic E-state index is -0.361. The predicted octanol–water partition coefficient (Wildman–Crippen LogP) is 3.25. The third-order valence-corrected chi connectivity index (χ3v) is 3.17. The topological polar surface area (TPSA) is 61.5 Å². The molecule has 22 heavy (non-hydrogen) atoms. The Morgan fingerprint density at radius 2 is 1.73 bits per heavy atom. The van der Waals surface area contributed by atoms with Crippen molar-refractivity contribution in [2.45, 2.75) is 19.1 Å². The van der Waals surface area contributed by atoms with Gasteiger partial charge in [0.15, 0.2) is 0 Å². The Labute approximate surface area is 136 Å². The van der Waals surface area contributed by atoms with Crippen molar-refractivity contribution < 1.29 is 14.3 Å². The zero-order valence-corrected chi connectivity index (χ0v) is 13.2. The second-order valence-electron chi connectivity index (χ2n) is 4.73. The number of carbonyl (C=O) groups excluding carboxylic acids is 1. The van der Waals surface area contributed by atoms with Crippen molar-refractivity contribution in [3.05, 3.63) is 65.7 Å². The van der Waals surface area contributed by atoms with E-state index in [1.165, 1.54) is 7.11 Å². The van der Waals surface area contributed by atoms with Crippen LogP contribution >= 0.6 is 12.4 Å². The van der Waals surface area contributed by atoms with Gasteiger partial charge >= 0.3 is 5.97 Å². The number of carbonyl (C=O) groups is 1. The molecule has 0 saturated heterocycles. The molecule has 0 bridgehead atoms. The Morgan fingerprint density at radius 3 is 2.32 bits per heavy atom. The van der Waals surface area contributed by atoms with E-state index in [1.54, 1.807) is 0 Å². The van der Waals surface area contributed by atoms with Gasteiger partial charge in [-0.1, -0.05) is 42.5 Å². The fourth-order valence-electron chi connectivity index (χ4n) is 1.93. The van der Waals surface area contributed by atoms with E-state index in [9.17, 15) is 4.79 Å². The van der Waals surface area contributed by atoms with Crippen LogP contribution in [0.3, 0.4) is 0 Å². The first-order valence-corrected chi connectivity index (χ1v) is 6.78. The zero-order valence-electron chi connectivity index (χ0n) is 12.4. The Balaban J connectivity index is 0.00000242. The molecule has 2 N–H and O–H groups in total. The van der Waals surface area contributed by atoms with Crippen molar-refractivity contribution >= 4 is 18.4 Å². The second-order valence-corrected chi connectivity index (χ2v) is 4.73. The summed E-state index contributed by atoms with van der Waals surface area (Å²) >= 11 is 0. The van der Waals surface area contributed by atoms with Gasteiger partial charge in [-0.15, -0.1) is 12.4 Å². The summed E-state index contributed by atoms with van der Waals surface area (Å²) in [6.45, 7) is 0.522. The van der Waals surface area contributed by atoms with E-state index in [0.717, 1.165) is 16.9 Å². The van der Waals surface area contributed by atoms with Gasteiger partial charge in [-0.05, 0) is 23.3 Å². The van der Waals surface area contributed by atoms with Crippen molar-refractivity contribution in [1.82, 2.24) is 0 Å². The quantitative estimate of drug-likeness (QED) is 0.830. The van der Waals surface area contributed by atoms with E-state index >= 15 is 0 Å². The Kier molecular flexibility index (Phi) is 7.43. The van der Waals surface area contributed by atoms with E-state index < -0.39 is 0 Å². The van der Waals surface area contributed by atoms with Crippen LogP contribution in [-0.2, 0) is 16.1 Å². The molecule has 2 aromatic rings. The lowest BCUT2D eigenvalue weighted by molar-refractivity contribution is -0.141. The van der Waals surface area contributed by atoms with Gasteiger partial charge in [0.2, 0.25) is 0 Å². The molecule has 2 aromatic carbocycles. The number of methoxy groups -OCH3 is 1. The summed E-state index contributed by atoms with van der Waals surface area (Å²) in [5.41, 5.74) is 7.94. The van der Waals surface area contributed by atoms with Crippen LogP contribution < -0.4 is 10.5 Å². The molecular formula is C17H20ClNO3. The summed E-state index contributed by atoms with van der Waals surface area (Å²) < 4.78 is 10.3. The van der Waals surface area contributed by atoms with E-state index in [4.69, 9.17) is 10.5 Å². The zero-order chi connectivity index (χ0) is 15.1. The largest absolute Gasteiger partial charge is 0.489 e. The molecule has 0 radical (unpaired) electrons. The Morgan fingerprint density at radius 1 is 1.09 bits per heavy atom. The number of halogens is 1. The highest BCUT2D eigenvalue weighted by Crippen LogP contribution is 2.19. The molecule has 0 saturated carbocycles. The molecule has 0 aromatic heterocycles. The molecule has 1 atom stereocenters. The Bertz CT molecular complexity index is 572. The summed E-state index contributed by atoms with van der Waals surface area (Å²) in [5.74, 6) is 0.458. The monoisotopic (exact) mass is 321 g/mol. The highest BCUT2D eigenvalue weighted by Gasteiger charge is 2.11. The molecule has 0 aliphatic heterocycles. The van der Waals surface area contributed by atoms with Gasteiger partial charge < -0.3 is 15.2 Å². The van der Waals surface area contributed by atoms with Gasteiger partial charge in [-0.2, -0.15) is 0 Å². The van der Waals surface area contributed by atoms with E-state index in [-0.39, 0.29) is 30.8 Å². The number of ether oxygens (including phenoxy) is 2. The molecule has 0 spiro atoms. The summed E-state index contributed by atoms with van der Waals surface area (Å²) in [5, 5.41) is 0. The first-order chi connectivity index (χ1) is 10.2. The fourth-order valence-corrected chi connectivity index (χ4v) is 1.93. The van der Waals surface area contributed by atoms with Crippen LogP contribution in [0.4, 0.5) is 0 Å². The molecule has 4 nitrogen and oxygen atoms in total. The number of benzene rings is 2. The lowest BCUT2D eigenvalue weighted by Crippen LogP contribution is -2.16. The predicted molar refractivity (Wildman–Crippen MR) is 88.0 cm³/mol. The standard InChI is InChI=1S/C17H19NO3.ClH/c1-20-17(19)11-16(18)14-7-9-15(10-8-14)21-12-13-5-3-2-4-6-13;/h2-10,16H,11-12,18H2,1H3;1H/t16-;/m1./s1. The van der Waals surface area contributed by atoms with Gasteiger partial charge in [0.05, 0.1) is 13.5 Å². The smallest absolute Gasteiger partial charge is 0.307 e. The minimum absolute atomic E-state index is 0. The first-order valence-electron chi connectivity index (χ1n) is 6.78. The summed E-state index contributed by atoms with van der Waals surface area (Å²) in [6, 6.07) is 17.1. The lowest BCUT2D eigenvalue weighted by Gasteiger charge is -2.12. The van der Waals surface area contributed by atoms with Crippen molar-refractivity contribution in [2.75, 3.05) is 7.11 Å². The van der Waals surface area contributed by atoms with Crippen LogP contribution in [0.2, 0.25) is 0 Å². The normalized spacial score (nSPS) is 11.2. The minimum Gasteiger partial charge on any atom is -0.489 e. The van der Waals surface area contributed by atoms with E-state index in [1.807, 2.05) is 54.6 Å². The average Bonchev–Trinajstić information content (AvgIpc) is 2.54. The van der Waals surface area contributed by atoms with Gasteiger partial charge in [0.1, 0.15) is 12.4 Å².